The summed E-state index contributed by atoms with van der Waals surface area (Å²) in [4.78, 5) is 0. The van der Waals surface area contributed by atoms with Crippen LogP contribution in [-0.4, -0.2) is 31.9 Å². The summed E-state index contributed by atoms with van der Waals surface area (Å²) in [6.45, 7) is 3.05. The van der Waals surface area contributed by atoms with Crippen molar-refractivity contribution in [2.24, 2.45) is 0 Å². The van der Waals surface area contributed by atoms with Crippen molar-refractivity contribution in [1.29, 1.82) is 0 Å². The number of hydrogen-bond acceptors (Lipinski definition) is 3. The number of methoxy groups -OCH3 is 2. The monoisotopic (exact) mass is 248 g/mol. The maximum absolute atomic E-state index is 5.18. The Bertz CT molecular complexity index is 493. The number of hydrogen-bond donors (Lipinski definition) is 1. The molecule has 98 valence electrons. The smallest absolute Gasteiger partial charge is 0.122 e. The third-order valence-corrected chi connectivity index (χ3v) is 2.97. The van der Waals surface area contributed by atoms with Crippen molar-refractivity contribution < 1.29 is 9.47 Å². The average Bonchev–Trinajstić information content (AvgIpc) is 2.79. The molecule has 0 saturated carbocycles. The number of fused-ring (bicyclic) bond motifs is 1. The molecule has 0 unspecified atom stereocenters. The lowest BCUT2D eigenvalue weighted by atomic mass is 10.1. The minimum atomic E-state index is 0.587. The Morgan fingerprint density at radius 2 is 2.06 bits per heavy atom. The zero-order valence-electron chi connectivity index (χ0n) is 11.0. The van der Waals surface area contributed by atoms with Crippen LogP contribution in [0.2, 0.25) is 0 Å². The Kier molecular flexibility index (Phi) is 4.75. The Balaban J connectivity index is 2.13. The second kappa shape index (κ2) is 6.54. The summed E-state index contributed by atoms with van der Waals surface area (Å²) in [5.41, 5.74) is 2.52. The summed E-state index contributed by atoms with van der Waals surface area (Å²) in [5, 5.41) is 4.65. The van der Waals surface area contributed by atoms with E-state index in [4.69, 9.17) is 9.47 Å². The molecule has 0 aliphatic heterocycles. The van der Waals surface area contributed by atoms with E-state index < -0.39 is 0 Å². The van der Waals surface area contributed by atoms with Gasteiger partial charge in [-0.3, -0.25) is 0 Å². The van der Waals surface area contributed by atoms with Crippen LogP contribution in [0.1, 0.15) is 5.56 Å². The minimum absolute atomic E-state index is 0.587. The van der Waals surface area contributed by atoms with Gasteiger partial charge < -0.3 is 19.4 Å². The van der Waals surface area contributed by atoms with Gasteiger partial charge in [-0.15, -0.1) is 0 Å². The van der Waals surface area contributed by atoms with Crippen LogP contribution in [0.3, 0.4) is 0 Å². The van der Waals surface area contributed by atoms with Crippen LogP contribution in [-0.2, 0) is 22.7 Å². The standard InChI is InChI=1S/C14H20N2O2/c1-17-9-7-15-10-12-4-3-5-14-13(12)6-8-16(14)11-18-2/h3-6,8,15H,7,9-11H2,1-2H3. The molecule has 0 saturated heterocycles. The Hall–Kier alpha value is -1.36. The van der Waals surface area contributed by atoms with Gasteiger partial charge >= 0.3 is 0 Å². The van der Waals surface area contributed by atoms with Gasteiger partial charge in [-0.25, -0.2) is 0 Å². The molecular formula is C14H20N2O2. The summed E-state index contributed by atoms with van der Waals surface area (Å²) >= 11 is 0. The number of aromatic nitrogens is 1. The van der Waals surface area contributed by atoms with E-state index in [9.17, 15) is 0 Å². The summed E-state index contributed by atoms with van der Waals surface area (Å²) in [5.74, 6) is 0. The minimum Gasteiger partial charge on any atom is -0.383 e. The fraction of sp³-hybridized carbons (Fsp3) is 0.429. The van der Waals surface area contributed by atoms with Crippen LogP contribution in [0.15, 0.2) is 30.5 Å². The number of rotatable bonds is 7. The van der Waals surface area contributed by atoms with Gasteiger partial charge in [0.25, 0.3) is 0 Å². The first-order valence-electron chi connectivity index (χ1n) is 6.12. The highest BCUT2D eigenvalue weighted by molar-refractivity contribution is 5.83. The van der Waals surface area contributed by atoms with Crippen molar-refractivity contribution in [2.75, 3.05) is 27.4 Å². The third-order valence-electron chi connectivity index (χ3n) is 2.97. The highest BCUT2D eigenvalue weighted by Gasteiger charge is 2.04. The lowest BCUT2D eigenvalue weighted by Crippen LogP contribution is -2.18. The number of nitrogens with one attached hydrogen (secondary N) is 1. The fourth-order valence-corrected chi connectivity index (χ4v) is 2.09. The van der Waals surface area contributed by atoms with E-state index in [1.54, 1.807) is 14.2 Å². The van der Waals surface area contributed by atoms with Gasteiger partial charge in [-0.2, -0.15) is 0 Å². The van der Waals surface area contributed by atoms with Crippen LogP contribution in [0.5, 0.6) is 0 Å². The van der Waals surface area contributed by atoms with E-state index in [0.29, 0.717) is 6.73 Å². The quantitative estimate of drug-likeness (QED) is 0.761. The Morgan fingerprint density at radius 3 is 2.83 bits per heavy atom. The summed E-state index contributed by atoms with van der Waals surface area (Å²) in [7, 11) is 3.43. The highest BCUT2D eigenvalue weighted by Crippen LogP contribution is 2.20. The van der Waals surface area contributed by atoms with Gasteiger partial charge in [-0.05, 0) is 17.7 Å². The molecule has 2 aromatic rings. The largest absolute Gasteiger partial charge is 0.383 e. The maximum atomic E-state index is 5.18. The molecule has 1 N–H and O–H groups in total. The molecule has 0 bridgehead atoms. The second-order valence-corrected chi connectivity index (χ2v) is 4.22. The number of ether oxygens (including phenoxy) is 2. The molecule has 18 heavy (non-hydrogen) atoms. The van der Waals surface area contributed by atoms with Crippen LogP contribution in [0.4, 0.5) is 0 Å². The zero-order chi connectivity index (χ0) is 12.8. The second-order valence-electron chi connectivity index (χ2n) is 4.22. The molecule has 4 nitrogen and oxygen atoms in total. The molecule has 0 aliphatic rings. The van der Waals surface area contributed by atoms with Crippen LogP contribution in [0, 0.1) is 0 Å². The molecule has 1 heterocycles. The van der Waals surface area contributed by atoms with E-state index in [-0.39, 0.29) is 0 Å². The lowest BCUT2D eigenvalue weighted by Gasteiger charge is -2.07. The fourth-order valence-electron chi connectivity index (χ4n) is 2.09. The van der Waals surface area contributed by atoms with Gasteiger partial charge in [-0.1, -0.05) is 12.1 Å². The topological polar surface area (TPSA) is 35.4 Å². The van der Waals surface area contributed by atoms with Gasteiger partial charge in [0.15, 0.2) is 0 Å². The van der Waals surface area contributed by atoms with E-state index >= 15 is 0 Å². The first-order chi connectivity index (χ1) is 8.86. The molecule has 4 heteroatoms. The van der Waals surface area contributed by atoms with Crippen molar-refractivity contribution in [3.63, 3.8) is 0 Å². The van der Waals surface area contributed by atoms with Crippen molar-refractivity contribution in [3.8, 4) is 0 Å². The summed E-state index contributed by atoms with van der Waals surface area (Å²) in [6, 6.07) is 8.50. The van der Waals surface area contributed by atoms with Gasteiger partial charge in [0.1, 0.15) is 6.73 Å². The third kappa shape index (κ3) is 2.90. The molecule has 1 aromatic heterocycles. The molecule has 0 spiro atoms. The predicted octanol–water partition coefficient (Wildman–Crippen LogP) is 1.98. The molecule has 0 aliphatic carbocycles. The molecule has 0 radical (unpaired) electrons. The van der Waals surface area contributed by atoms with E-state index in [1.165, 1.54) is 16.5 Å². The zero-order valence-corrected chi connectivity index (χ0v) is 11.0. The van der Waals surface area contributed by atoms with Crippen LogP contribution in [0.25, 0.3) is 10.9 Å². The highest BCUT2D eigenvalue weighted by atomic mass is 16.5. The van der Waals surface area contributed by atoms with Gasteiger partial charge in [0, 0.05) is 38.9 Å². The molecular weight excluding hydrogens is 228 g/mol. The van der Waals surface area contributed by atoms with E-state index in [0.717, 1.165) is 19.7 Å². The normalized spacial score (nSPS) is 11.2. The Labute approximate surface area is 107 Å². The molecule has 0 amide bonds. The van der Waals surface area contributed by atoms with Crippen molar-refractivity contribution in [2.45, 2.75) is 13.3 Å². The summed E-state index contributed by atoms with van der Waals surface area (Å²) < 4.78 is 12.3. The van der Waals surface area contributed by atoms with Crippen LogP contribution < -0.4 is 5.32 Å². The predicted molar refractivity (Wildman–Crippen MR) is 72.5 cm³/mol. The van der Waals surface area contributed by atoms with Gasteiger partial charge in [0.2, 0.25) is 0 Å². The number of nitrogens with zero attached hydrogens (tertiary/aromatic N) is 1. The number of benzene rings is 1. The van der Waals surface area contributed by atoms with Crippen LogP contribution >= 0.6 is 0 Å². The molecule has 0 fully saturated rings. The SMILES string of the molecule is COCCNCc1cccc2c1ccn2COC. The van der Waals surface area contributed by atoms with Crippen molar-refractivity contribution in [1.82, 2.24) is 9.88 Å². The molecule has 2 rings (SSSR count). The van der Waals surface area contributed by atoms with E-state index in [1.807, 2.05) is 0 Å². The first kappa shape index (κ1) is 13.1. The Morgan fingerprint density at radius 1 is 1.17 bits per heavy atom. The lowest BCUT2D eigenvalue weighted by molar-refractivity contribution is 0.135. The summed E-state index contributed by atoms with van der Waals surface area (Å²) in [6.07, 6.45) is 2.06. The maximum Gasteiger partial charge on any atom is 0.122 e. The van der Waals surface area contributed by atoms with Crippen molar-refractivity contribution >= 4 is 10.9 Å². The van der Waals surface area contributed by atoms with E-state index in [2.05, 4.69) is 40.3 Å². The molecule has 1 aromatic carbocycles. The molecule has 0 atom stereocenters. The first-order valence-corrected chi connectivity index (χ1v) is 6.12. The van der Waals surface area contributed by atoms with Crippen molar-refractivity contribution in [3.05, 3.63) is 36.0 Å². The average molecular weight is 248 g/mol. The van der Waals surface area contributed by atoms with Gasteiger partial charge in [0.05, 0.1) is 12.1 Å².